The Morgan fingerprint density at radius 1 is 1.44 bits per heavy atom. The number of amides is 1. The first kappa shape index (κ1) is 12.6. The molecule has 88 valence electrons. The second-order valence-electron chi connectivity index (χ2n) is 2.90. The summed E-state index contributed by atoms with van der Waals surface area (Å²) in [6.07, 6.45) is -4.47. The summed E-state index contributed by atoms with van der Waals surface area (Å²) in [6, 6.07) is 2.56. The van der Waals surface area contributed by atoms with Crippen LogP contribution in [0, 0.1) is 0 Å². The van der Waals surface area contributed by atoms with Crippen molar-refractivity contribution >= 4 is 17.5 Å². The van der Waals surface area contributed by atoms with Gasteiger partial charge in [-0.3, -0.25) is 4.79 Å². The maximum atomic E-state index is 12.2. The number of hydrogen-bond acceptors (Lipinski definition) is 2. The predicted molar refractivity (Wildman–Crippen MR) is 51.1 cm³/mol. The van der Waals surface area contributed by atoms with Gasteiger partial charge in [0.05, 0.1) is 10.6 Å². The van der Waals surface area contributed by atoms with Gasteiger partial charge in [0.15, 0.2) is 6.61 Å². The van der Waals surface area contributed by atoms with E-state index in [1.54, 1.807) is 0 Å². The maximum Gasteiger partial charge on any atom is 0.416 e. The lowest BCUT2D eigenvalue weighted by Gasteiger charge is -2.10. The molecule has 0 radical (unpaired) electrons. The maximum absolute atomic E-state index is 12.2. The first-order chi connectivity index (χ1) is 7.30. The van der Waals surface area contributed by atoms with E-state index in [1.807, 2.05) is 0 Å². The molecule has 7 heteroatoms. The van der Waals surface area contributed by atoms with Crippen LogP contribution in [0.1, 0.15) is 5.56 Å². The topological polar surface area (TPSA) is 52.3 Å². The molecular formula is C9H7ClF3NO2. The van der Waals surface area contributed by atoms with Crippen LogP contribution < -0.4 is 10.5 Å². The van der Waals surface area contributed by atoms with Crippen molar-refractivity contribution in [1.82, 2.24) is 0 Å². The minimum absolute atomic E-state index is 0.0199. The number of primary amides is 1. The third-order valence-electron chi connectivity index (χ3n) is 1.63. The molecule has 1 amide bonds. The van der Waals surface area contributed by atoms with Gasteiger partial charge in [0.1, 0.15) is 5.75 Å². The van der Waals surface area contributed by atoms with Gasteiger partial charge in [-0.25, -0.2) is 0 Å². The fraction of sp³-hybridized carbons (Fsp3) is 0.222. The lowest BCUT2D eigenvalue weighted by Crippen LogP contribution is -2.20. The number of nitrogens with two attached hydrogens (primary N) is 1. The van der Waals surface area contributed by atoms with E-state index in [0.29, 0.717) is 0 Å². The molecule has 0 saturated carbocycles. The first-order valence-corrected chi connectivity index (χ1v) is 4.46. The van der Waals surface area contributed by atoms with Gasteiger partial charge in [0.2, 0.25) is 0 Å². The van der Waals surface area contributed by atoms with Crippen LogP contribution in [0.2, 0.25) is 5.02 Å². The van der Waals surface area contributed by atoms with Gasteiger partial charge in [-0.1, -0.05) is 11.6 Å². The Balaban J connectivity index is 2.88. The number of rotatable bonds is 3. The molecule has 1 aromatic rings. The van der Waals surface area contributed by atoms with E-state index in [4.69, 9.17) is 22.1 Å². The number of carbonyl (C=O) groups is 1. The van der Waals surface area contributed by atoms with Crippen molar-refractivity contribution in [3.8, 4) is 5.75 Å². The number of carbonyl (C=O) groups excluding carboxylic acids is 1. The van der Waals surface area contributed by atoms with E-state index in [-0.39, 0.29) is 10.8 Å². The summed E-state index contributed by atoms with van der Waals surface area (Å²) >= 11 is 5.54. The van der Waals surface area contributed by atoms with E-state index in [2.05, 4.69) is 0 Å². The Bertz CT molecular complexity index is 406. The summed E-state index contributed by atoms with van der Waals surface area (Å²) in [4.78, 5) is 10.4. The van der Waals surface area contributed by atoms with Gasteiger partial charge >= 0.3 is 6.18 Å². The standard InChI is InChI=1S/C9H7ClF3NO2/c10-6-3-5(9(11,12)13)1-2-7(6)16-4-8(14)15/h1-3H,4H2,(H2,14,15). The van der Waals surface area contributed by atoms with Crippen molar-refractivity contribution < 1.29 is 22.7 Å². The van der Waals surface area contributed by atoms with Crippen LogP contribution in [0.3, 0.4) is 0 Å². The first-order valence-electron chi connectivity index (χ1n) is 4.08. The molecule has 0 fully saturated rings. The molecule has 1 rings (SSSR count). The highest BCUT2D eigenvalue weighted by Gasteiger charge is 2.31. The number of ether oxygens (including phenoxy) is 1. The molecule has 0 heterocycles. The molecule has 0 aromatic heterocycles. The Labute approximate surface area is 93.9 Å². The number of halogens is 4. The fourth-order valence-corrected chi connectivity index (χ4v) is 1.18. The van der Waals surface area contributed by atoms with Crippen LogP contribution in [-0.4, -0.2) is 12.5 Å². The molecule has 0 saturated heterocycles. The summed E-state index contributed by atoms with van der Waals surface area (Å²) in [5, 5.41) is -0.226. The average molecular weight is 254 g/mol. The van der Waals surface area contributed by atoms with Gasteiger partial charge in [-0.05, 0) is 18.2 Å². The van der Waals surface area contributed by atoms with Crippen LogP contribution in [0.25, 0.3) is 0 Å². The molecule has 0 aliphatic heterocycles. The lowest BCUT2D eigenvalue weighted by molar-refractivity contribution is -0.137. The summed E-state index contributed by atoms with van der Waals surface area (Å²) in [7, 11) is 0. The largest absolute Gasteiger partial charge is 0.482 e. The van der Waals surface area contributed by atoms with Gasteiger partial charge in [0.25, 0.3) is 5.91 Å². The molecule has 0 bridgehead atoms. The summed E-state index contributed by atoms with van der Waals surface area (Å²) in [5.41, 5.74) is 3.92. The molecule has 1 aromatic carbocycles. The van der Waals surface area contributed by atoms with Crippen molar-refractivity contribution in [3.05, 3.63) is 28.8 Å². The van der Waals surface area contributed by atoms with E-state index < -0.39 is 24.3 Å². The summed E-state index contributed by atoms with van der Waals surface area (Å²) in [6.45, 7) is -0.439. The molecule has 0 spiro atoms. The zero-order valence-electron chi connectivity index (χ0n) is 7.84. The van der Waals surface area contributed by atoms with E-state index in [1.165, 1.54) is 0 Å². The minimum atomic E-state index is -4.47. The Morgan fingerprint density at radius 2 is 2.06 bits per heavy atom. The molecular weight excluding hydrogens is 247 g/mol. The van der Waals surface area contributed by atoms with E-state index in [9.17, 15) is 18.0 Å². The molecule has 0 atom stereocenters. The van der Waals surface area contributed by atoms with Gasteiger partial charge in [0, 0.05) is 0 Å². The molecule has 0 aliphatic carbocycles. The average Bonchev–Trinajstić information content (AvgIpc) is 2.14. The van der Waals surface area contributed by atoms with E-state index in [0.717, 1.165) is 18.2 Å². The smallest absolute Gasteiger partial charge is 0.416 e. The molecule has 16 heavy (non-hydrogen) atoms. The van der Waals surface area contributed by atoms with Gasteiger partial charge in [-0.15, -0.1) is 0 Å². The van der Waals surface area contributed by atoms with Crippen LogP contribution in [-0.2, 0) is 11.0 Å². The molecule has 0 aliphatic rings. The Kier molecular flexibility index (Phi) is 3.64. The molecule has 0 unspecified atom stereocenters. The van der Waals surface area contributed by atoms with Gasteiger partial charge < -0.3 is 10.5 Å². The number of benzene rings is 1. The van der Waals surface area contributed by atoms with Crippen molar-refractivity contribution in [2.75, 3.05) is 6.61 Å². The third-order valence-corrected chi connectivity index (χ3v) is 1.92. The van der Waals surface area contributed by atoms with Crippen LogP contribution in [0.4, 0.5) is 13.2 Å². The second kappa shape index (κ2) is 4.61. The predicted octanol–water partition coefficient (Wildman–Crippen LogP) is 2.22. The fourth-order valence-electron chi connectivity index (χ4n) is 0.943. The summed E-state index contributed by atoms with van der Waals surface area (Å²) < 4.78 is 41.5. The van der Waals surface area contributed by atoms with Crippen molar-refractivity contribution in [1.29, 1.82) is 0 Å². The summed E-state index contributed by atoms with van der Waals surface area (Å²) in [5.74, 6) is -0.760. The minimum Gasteiger partial charge on any atom is -0.482 e. The number of alkyl halides is 3. The van der Waals surface area contributed by atoms with Crippen molar-refractivity contribution in [2.45, 2.75) is 6.18 Å². The van der Waals surface area contributed by atoms with Crippen LogP contribution >= 0.6 is 11.6 Å². The monoisotopic (exact) mass is 253 g/mol. The van der Waals surface area contributed by atoms with E-state index >= 15 is 0 Å². The Morgan fingerprint density at radius 3 is 2.50 bits per heavy atom. The molecule has 3 nitrogen and oxygen atoms in total. The van der Waals surface area contributed by atoms with Crippen LogP contribution in [0.5, 0.6) is 5.75 Å². The highest BCUT2D eigenvalue weighted by atomic mass is 35.5. The van der Waals surface area contributed by atoms with Crippen LogP contribution in [0.15, 0.2) is 18.2 Å². The zero-order chi connectivity index (χ0) is 12.3. The molecule has 2 N–H and O–H groups in total. The highest BCUT2D eigenvalue weighted by Crippen LogP contribution is 2.34. The number of hydrogen-bond donors (Lipinski definition) is 1. The zero-order valence-corrected chi connectivity index (χ0v) is 8.60. The van der Waals surface area contributed by atoms with Crippen molar-refractivity contribution in [3.63, 3.8) is 0 Å². The van der Waals surface area contributed by atoms with Gasteiger partial charge in [-0.2, -0.15) is 13.2 Å². The van der Waals surface area contributed by atoms with Crippen molar-refractivity contribution in [2.24, 2.45) is 5.73 Å². The third kappa shape index (κ3) is 3.30. The quantitative estimate of drug-likeness (QED) is 0.898. The lowest BCUT2D eigenvalue weighted by atomic mass is 10.2. The Hall–Kier alpha value is -1.43. The normalized spacial score (nSPS) is 11.2. The SMILES string of the molecule is NC(=O)COc1ccc(C(F)(F)F)cc1Cl. The second-order valence-corrected chi connectivity index (χ2v) is 3.31. The highest BCUT2D eigenvalue weighted by molar-refractivity contribution is 6.32.